The van der Waals surface area contributed by atoms with Gasteiger partial charge >= 0.3 is 14.5 Å². The van der Waals surface area contributed by atoms with E-state index in [0.717, 1.165) is 12.5 Å². The third kappa shape index (κ3) is 5.98. The minimum Gasteiger partial charge on any atom is -0.465 e. The van der Waals surface area contributed by atoms with Crippen molar-refractivity contribution in [1.29, 1.82) is 0 Å². The van der Waals surface area contributed by atoms with Crippen LogP contribution < -0.4 is 0 Å². The van der Waals surface area contributed by atoms with E-state index in [4.69, 9.17) is 13.6 Å². The fourth-order valence-corrected chi connectivity index (χ4v) is 2.49. The standard InChI is InChI=1S/C10H21BrO4Si/c1-10(2,11)9(12)15-7-6-8-16(5,13-3)14-4/h6-8H2,1-5H3. The summed E-state index contributed by atoms with van der Waals surface area (Å²) in [6.07, 6.45) is 0.763. The number of halogens is 1. The summed E-state index contributed by atoms with van der Waals surface area (Å²) in [5.41, 5.74) is 0. The van der Waals surface area contributed by atoms with Gasteiger partial charge in [0, 0.05) is 14.2 Å². The van der Waals surface area contributed by atoms with Gasteiger partial charge in [0.25, 0.3) is 0 Å². The van der Waals surface area contributed by atoms with Crippen molar-refractivity contribution in [3.63, 3.8) is 0 Å². The van der Waals surface area contributed by atoms with Gasteiger partial charge in [0.2, 0.25) is 0 Å². The molecule has 0 atom stereocenters. The summed E-state index contributed by atoms with van der Waals surface area (Å²) >= 11 is 3.25. The smallest absolute Gasteiger partial charge is 0.334 e. The van der Waals surface area contributed by atoms with Crippen LogP contribution in [0.5, 0.6) is 0 Å². The molecule has 0 aliphatic carbocycles. The molecular formula is C10H21BrO4Si. The van der Waals surface area contributed by atoms with E-state index in [2.05, 4.69) is 15.9 Å². The molecule has 0 aromatic heterocycles. The van der Waals surface area contributed by atoms with Crippen molar-refractivity contribution < 1.29 is 18.4 Å². The van der Waals surface area contributed by atoms with E-state index in [0.29, 0.717) is 6.61 Å². The predicted molar refractivity (Wildman–Crippen MR) is 69.0 cm³/mol. The molecule has 0 radical (unpaired) electrons. The third-order valence-corrected chi connectivity index (χ3v) is 5.67. The highest BCUT2D eigenvalue weighted by molar-refractivity contribution is 9.10. The lowest BCUT2D eigenvalue weighted by molar-refractivity contribution is -0.145. The van der Waals surface area contributed by atoms with Gasteiger partial charge in [-0.3, -0.25) is 4.79 Å². The highest BCUT2D eigenvalue weighted by Gasteiger charge is 2.29. The molecule has 0 spiro atoms. The van der Waals surface area contributed by atoms with Gasteiger partial charge in [-0.05, 0) is 32.9 Å². The van der Waals surface area contributed by atoms with Crippen molar-refractivity contribution in [2.75, 3.05) is 20.8 Å². The molecule has 16 heavy (non-hydrogen) atoms. The third-order valence-electron chi connectivity index (χ3n) is 2.36. The summed E-state index contributed by atoms with van der Waals surface area (Å²) in [6.45, 7) is 5.92. The Morgan fingerprint density at radius 1 is 1.31 bits per heavy atom. The van der Waals surface area contributed by atoms with Gasteiger partial charge in [-0.15, -0.1) is 0 Å². The minimum atomic E-state index is -2.02. The molecule has 0 aliphatic rings. The van der Waals surface area contributed by atoms with Crippen LogP contribution in [0.1, 0.15) is 20.3 Å². The number of rotatable bonds is 7. The van der Waals surface area contributed by atoms with Crippen molar-refractivity contribution in [1.82, 2.24) is 0 Å². The molecular weight excluding hydrogens is 292 g/mol. The minimum absolute atomic E-state index is 0.245. The maximum atomic E-state index is 11.4. The summed E-state index contributed by atoms with van der Waals surface area (Å²) < 4.78 is 15.2. The van der Waals surface area contributed by atoms with Gasteiger partial charge in [-0.25, -0.2) is 0 Å². The lowest BCUT2D eigenvalue weighted by Crippen LogP contribution is -2.36. The summed E-state index contributed by atoms with van der Waals surface area (Å²) in [7, 11) is 1.29. The lowest BCUT2D eigenvalue weighted by atomic mass is 10.2. The molecule has 0 bridgehead atoms. The van der Waals surface area contributed by atoms with E-state index in [9.17, 15) is 4.79 Å². The first kappa shape index (κ1) is 16.1. The Morgan fingerprint density at radius 3 is 2.19 bits per heavy atom. The van der Waals surface area contributed by atoms with Gasteiger partial charge in [0.05, 0.1) is 6.61 Å². The highest BCUT2D eigenvalue weighted by atomic mass is 79.9. The molecule has 0 unspecified atom stereocenters. The molecule has 0 rings (SSSR count). The zero-order chi connectivity index (χ0) is 12.8. The van der Waals surface area contributed by atoms with Crippen molar-refractivity contribution in [3.05, 3.63) is 0 Å². The Labute approximate surface area is 107 Å². The van der Waals surface area contributed by atoms with Crippen LogP contribution in [0.3, 0.4) is 0 Å². The van der Waals surface area contributed by atoms with Gasteiger partial charge in [-0.2, -0.15) is 0 Å². The SMILES string of the molecule is CO[Si](C)(CCCOC(=O)C(C)(C)Br)OC. The second-order valence-electron chi connectivity index (χ2n) is 4.25. The molecule has 0 saturated carbocycles. The molecule has 96 valence electrons. The second-order valence-corrected chi connectivity index (χ2v) is 9.82. The molecule has 4 nitrogen and oxygen atoms in total. The Morgan fingerprint density at radius 2 is 1.81 bits per heavy atom. The molecule has 6 heteroatoms. The summed E-state index contributed by atoms with van der Waals surface area (Å²) in [6, 6.07) is 0.815. The fourth-order valence-electron chi connectivity index (χ4n) is 1.02. The first-order valence-electron chi connectivity index (χ1n) is 5.21. The van der Waals surface area contributed by atoms with Crippen molar-refractivity contribution in [2.45, 2.75) is 37.2 Å². The van der Waals surface area contributed by atoms with Gasteiger partial charge < -0.3 is 13.6 Å². The summed E-state index contributed by atoms with van der Waals surface area (Å²) in [5.74, 6) is -0.245. The van der Waals surface area contributed by atoms with E-state index in [-0.39, 0.29) is 5.97 Å². The van der Waals surface area contributed by atoms with Crippen LogP contribution in [0.25, 0.3) is 0 Å². The molecule has 0 amide bonds. The summed E-state index contributed by atoms with van der Waals surface area (Å²) in [4.78, 5) is 11.4. The molecule has 0 saturated heterocycles. The van der Waals surface area contributed by atoms with Gasteiger partial charge in [0.1, 0.15) is 4.32 Å². The quantitative estimate of drug-likeness (QED) is 0.313. The average molecular weight is 313 g/mol. The molecule has 0 fully saturated rings. The molecule has 0 aliphatic heterocycles. The van der Waals surface area contributed by atoms with Crippen LogP contribution in [-0.2, 0) is 18.4 Å². The Hall–Kier alpha value is 0.0869. The normalized spacial score (nSPS) is 12.6. The van der Waals surface area contributed by atoms with Gasteiger partial charge in [-0.1, -0.05) is 15.9 Å². The number of esters is 1. The monoisotopic (exact) mass is 312 g/mol. The number of hydrogen-bond donors (Lipinski definition) is 0. The van der Waals surface area contributed by atoms with Crippen LogP contribution in [0.4, 0.5) is 0 Å². The van der Waals surface area contributed by atoms with Crippen LogP contribution >= 0.6 is 15.9 Å². The second kappa shape index (κ2) is 6.73. The maximum Gasteiger partial charge on any atom is 0.334 e. The topological polar surface area (TPSA) is 44.8 Å². The number of alkyl halides is 1. The van der Waals surface area contributed by atoms with Crippen molar-refractivity contribution in [3.8, 4) is 0 Å². The first-order chi connectivity index (χ1) is 7.25. The number of hydrogen-bond acceptors (Lipinski definition) is 4. The van der Waals surface area contributed by atoms with E-state index >= 15 is 0 Å². The lowest BCUT2D eigenvalue weighted by Gasteiger charge is -2.22. The van der Waals surface area contributed by atoms with Crippen molar-refractivity contribution in [2.24, 2.45) is 0 Å². The average Bonchev–Trinajstić information content (AvgIpc) is 2.22. The number of carbonyl (C=O) groups is 1. The summed E-state index contributed by atoms with van der Waals surface area (Å²) in [5, 5.41) is 0. The number of carbonyl (C=O) groups excluding carboxylic acids is 1. The fraction of sp³-hybridized carbons (Fsp3) is 0.900. The van der Waals surface area contributed by atoms with E-state index in [1.165, 1.54) is 0 Å². The van der Waals surface area contributed by atoms with Gasteiger partial charge in [0.15, 0.2) is 0 Å². The Bertz CT molecular complexity index is 223. The zero-order valence-corrected chi connectivity index (χ0v) is 13.2. The first-order valence-corrected chi connectivity index (χ1v) is 8.53. The molecule has 0 aromatic carbocycles. The van der Waals surface area contributed by atoms with E-state index in [1.54, 1.807) is 28.1 Å². The zero-order valence-electron chi connectivity index (χ0n) is 10.6. The molecule has 0 aromatic rings. The van der Waals surface area contributed by atoms with Crippen LogP contribution in [0.15, 0.2) is 0 Å². The molecule has 0 N–H and O–H groups in total. The van der Waals surface area contributed by atoms with Crippen LogP contribution in [0.2, 0.25) is 12.6 Å². The maximum absolute atomic E-state index is 11.4. The highest BCUT2D eigenvalue weighted by Crippen LogP contribution is 2.18. The number of ether oxygens (including phenoxy) is 1. The molecule has 0 heterocycles. The largest absolute Gasteiger partial charge is 0.465 e. The van der Waals surface area contributed by atoms with Crippen LogP contribution in [0, 0.1) is 0 Å². The van der Waals surface area contributed by atoms with E-state index in [1.807, 2.05) is 6.55 Å². The Kier molecular flexibility index (Phi) is 6.77. The Balaban J connectivity index is 3.81. The predicted octanol–water partition coefficient (Wildman–Crippen LogP) is 2.46. The van der Waals surface area contributed by atoms with Crippen LogP contribution in [-0.4, -0.2) is 39.7 Å². The van der Waals surface area contributed by atoms with Crippen molar-refractivity contribution >= 4 is 30.5 Å². The van der Waals surface area contributed by atoms with E-state index < -0.39 is 12.9 Å².